The van der Waals surface area contributed by atoms with Gasteiger partial charge in [-0.25, -0.2) is 0 Å². The van der Waals surface area contributed by atoms with E-state index in [0.29, 0.717) is 6.42 Å². The zero-order valence-corrected chi connectivity index (χ0v) is 11.0. The van der Waals surface area contributed by atoms with Gasteiger partial charge in [-0.3, -0.25) is 4.79 Å². The second kappa shape index (κ2) is 5.17. The molecule has 0 aromatic carbocycles. The number of esters is 1. The second-order valence-corrected chi connectivity index (χ2v) is 5.95. The van der Waals surface area contributed by atoms with E-state index in [1.807, 2.05) is 0 Å². The van der Waals surface area contributed by atoms with E-state index < -0.39 is 0 Å². The Morgan fingerprint density at radius 2 is 1.94 bits per heavy atom. The topological polar surface area (TPSA) is 35.5 Å². The van der Waals surface area contributed by atoms with Crippen LogP contribution in [0.3, 0.4) is 0 Å². The van der Waals surface area contributed by atoms with Gasteiger partial charge in [0.15, 0.2) is 0 Å². The van der Waals surface area contributed by atoms with Gasteiger partial charge >= 0.3 is 5.97 Å². The van der Waals surface area contributed by atoms with Crippen LogP contribution in [0.4, 0.5) is 0 Å². The molecule has 0 saturated heterocycles. The highest BCUT2D eigenvalue weighted by Gasteiger charge is 2.40. The normalized spacial score (nSPS) is 19.0. The van der Waals surface area contributed by atoms with Gasteiger partial charge < -0.3 is 9.47 Å². The Labute approximate surface area is 98.5 Å². The molecule has 0 radical (unpaired) electrons. The maximum absolute atomic E-state index is 11.3. The fourth-order valence-electron chi connectivity index (χ4n) is 1.85. The number of hydrogen-bond acceptors (Lipinski definition) is 3. The van der Waals surface area contributed by atoms with E-state index in [2.05, 4.69) is 20.8 Å². The summed E-state index contributed by atoms with van der Waals surface area (Å²) in [5.74, 6) is -0.157. The molecule has 1 rings (SSSR count). The number of carbonyl (C=O) groups excluding carboxylic acids is 1. The van der Waals surface area contributed by atoms with Crippen LogP contribution in [0.25, 0.3) is 0 Å². The lowest BCUT2D eigenvalue weighted by molar-refractivity contribution is -0.158. The van der Waals surface area contributed by atoms with Crippen molar-refractivity contribution in [3.05, 3.63) is 0 Å². The second-order valence-electron chi connectivity index (χ2n) is 5.95. The van der Waals surface area contributed by atoms with Gasteiger partial charge in [0.2, 0.25) is 0 Å². The number of ether oxygens (including phenoxy) is 2. The van der Waals surface area contributed by atoms with Gasteiger partial charge in [0, 0.05) is 6.61 Å². The van der Waals surface area contributed by atoms with Crippen molar-refractivity contribution in [1.82, 2.24) is 0 Å². The molecule has 0 atom stereocenters. The van der Waals surface area contributed by atoms with Gasteiger partial charge in [0.05, 0.1) is 19.1 Å². The molecule has 0 N–H and O–H groups in total. The van der Waals surface area contributed by atoms with Gasteiger partial charge in [0.25, 0.3) is 0 Å². The molecule has 0 aliphatic heterocycles. The van der Waals surface area contributed by atoms with Gasteiger partial charge in [-0.05, 0) is 31.1 Å². The van der Waals surface area contributed by atoms with Crippen molar-refractivity contribution >= 4 is 5.97 Å². The van der Waals surface area contributed by atoms with E-state index in [4.69, 9.17) is 9.47 Å². The zero-order chi connectivity index (χ0) is 12.2. The molecule has 0 spiro atoms. The average molecular weight is 228 g/mol. The zero-order valence-electron chi connectivity index (χ0n) is 11.0. The number of rotatable bonds is 5. The van der Waals surface area contributed by atoms with Crippen LogP contribution in [-0.2, 0) is 14.3 Å². The standard InChI is InChI=1S/C13H24O3/c1-12(2,3)8-9-16-13(6-5-7-13)10-11(14)15-4/h5-10H2,1-4H3. The lowest BCUT2D eigenvalue weighted by atomic mass is 9.77. The van der Waals surface area contributed by atoms with E-state index in [0.717, 1.165) is 32.3 Å². The minimum atomic E-state index is -0.210. The molecule has 16 heavy (non-hydrogen) atoms. The van der Waals surface area contributed by atoms with E-state index in [9.17, 15) is 4.79 Å². The summed E-state index contributed by atoms with van der Waals surface area (Å²) >= 11 is 0. The molecule has 3 heteroatoms. The molecule has 0 heterocycles. The van der Waals surface area contributed by atoms with Crippen LogP contribution in [0.15, 0.2) is 0 Å². The first-order chi connectivity index (χ1) is 7.37. The van der Waals surface area contributed by atoms with Gasteiger partial charge in [-0.2, -0.15) is 0 Å². The summed E-state index contributed by atoms with van der Waals surface area (Å²) in [6.45, 7) is 7.33. The number of methoxy groups -OCH3 is 1. The summed E-state index contributed by atoms with van der Waals surface area (Å²) in [6, 6.07) is 0. The monoisotopic (exact) mass is 228 g/mol. The van der Waals surface area contributed by atoms with Crippen molar-refractivity contribution in [1.29, 1.82) is 0 Å². The first kappa shape index (κ1) is 13.5. The summed E-state index contributed by atoms with van der Waals surface area (Å²) in [5.41, 5.74) is 0.0779. The smallest absolute Gasteiger partial charge is 0.308 e. The average Bonchev–Trinajstić information content (AvgIpc) is 2.11. The van der Waals surface area contributed by atoms with Crippen molar-refractivity contribution in [3.8, 4) is 0 Å². The summed E-state index contributed by atoms with van der Waals surface area (Å²) in [7, 11) is 1.43. The third-order valence-corrected chi connectivity index (χ3v) is 3.22. The largest absolute Gasteiger partial charge is 0.469 e. The van der Waals surface area contributed by atoms with Crippen LogP contribution in [0.5, 0.6) is 0 Å². The van der Waals surface area contributed by atoms with Crippen LogP contribution in [0.1, 0.15) is 52.9 Å². The highest BCUT2D eigenvalue weighted by atomic mass is 16.5. The van der Waals surface area contributed by atoms with Crippen LogP contribution >= 0.6 is 0 Å². The predicted molar refractivity (Wildman–Crippen MR) is 63.2 cm³/mol. The Bertz CT molecular complexity index is 236. The van der Waals surface area contributed by atoms with Crippen LogP contribution < -0.4 is 0 Å². The third-order valence-electron chi connectivity index (χ3n) is 3.22. The van der Waals surface area contributed by atoms with E-state index in [1.165, 1.54) is 7.11 Å². The molecule has 0 bridgehead atoms. The summed E-state index contributed by atoms with van der Waals surface area (Å²) in [4.78, 5) is 11.3. The van der Waals surface area contributed by atoms with Crippen LogP contribution in [-0.4, -0.2) is 25.3 Å². The third kappa shape index (κ3) is 4.12. The Kier molecular flexibility index (Phi) is 4.36. The number of carbonyl (C=O) groups is 1. The first-order valence-electron chi connectivity index (χ1n) is 6.08. The highest BCUT2D eigenvalue weighted by Crippen LogP contribution is 2.39. The highest BCUT2D eigenvalue weighted by molar-refractivity contribution is 5.70. The molecule has 1 saturated carbocycles. The molecular weight excluding hydrogens is 204 g/mol. The Hall–Kier alpha value is -0.570. The van der Waals surface area contributed by atoms with E-state index in [-0.39, 0.29) is 17.0 Å². The van der Waals surface area contributed by atoms with Crippen molar-refractivity contribution in [2.24, 2.45) is 5.41 Å². The lowest BCUT2D eigenvalue weighted by Gasteiger charge is -2.41. The van der Waals surface area contributed by atoms with Gasteiger partial charge in [-0.1, -0.05) is 20.8 Å². The molecule has 1 aliphatic rings. The van der Waals surface area contributed by atoms with Crippen molar-refractivity contribution in [3.63, 3.8) is 0 Å². The Balaban J connectivity index is 2.33. The minimum absolute atomic E-state index is 0.157. The molecule has 1 fully saturated rings. The predicted octanol–water partition coefficient (Wildman–Crippen LogP) is 2.93. The summed E-state index contributed by atoms with van der Waals surface area (Å²) in [5, 5.41) is 0. The molecule has 1 aliphatic carbocycles. The molecule has 0 aromatic rings. The van der Waals surface area contributed by atoms with Crippen molar-refractivity contribution in [2.45, 2.75) is 58.5 Å². The summed E-state index contributed by atoms with van der Waals surface area (Å²) in [6.07, 6.45) is 4.58. The quantitative estimate of drug-likeness (QED) is 0.679. The van der Waals surface area contributed by atoms with Crippen molar-refractivity contribution < 1.29 is 14.3 Å². The van der Waals surface area contributed by atoms with Crippen molar-refractivity contribution in [2.75, 3.05) is 13.7 Å². The fourth-order valence-corrected chi connectivity index (χ4v) is 1.85. The molecule has 0 amide bonds. The van der Waals surface area contributed by atoms with Crippen LogP contribution in [0.2, 0.25) is 0 Å². The molecule has 0 aromatic heterocycles. The summed E-state index contributed by atoms with van der Waals surface area (Å²) < 4.78 is 10.6. The Morgan fingerprint density at radius 1 is 1.31 bits per heavy atom. The SMILES string of the molecule is COC(=O)CC1(OCCC(C)(C)C)CCC1. The Morgan fingerprint density at radius 3 is 2.31 bits per heavy atom. The fraction of sp³-hybridized carbons (Fsp3) is 0.923. The number of hydrogen-bond donors (Lipinski definition) is 0. The lowest BCUT2D eigenvalue weighted by Crippen LogP contribution is -2.43. The van der Waals surface area contributed by atoms with E-state index in [1.54, 1.807) is 0 Å². The van der Waals surface area contributed by atoms with Gasteiger partial charge in [-0.15, -0.1) is 0 Å². The molecular formula is C13H24O3. The molecule has 3 nitrogen and oxygen atoms in total. The molecule has 0 unspecified atom stereocenters. The van der Waals surface area contributed by atoms with Gasteiger partial charge in [0.1, 0.15) is 0 Å². The maximum Gasteiger partial charge on any atom is 0.308 e. The van der Waals surface area contributed by atoms with Crippen LogP contribution in [0, 0.1) is 5.41 Å². The molecule has 94 valence electrons. The minimum Gasteiger partial charge on any atom is -0.469 e. The first-order valence-corrected chi connectivity index (χ1v) is 6.08. The maximum atomic E-state index is 11.3. The van der Waals surface area contributed by atoms with E-state index >= 15 is 0 Å².